The number of anilines is 1. The monoisotopic (exact) mass is 705 g/mol. The molecule has 4 rings (SSSR count). The zero-order valence-corrected chi connectivity index (χ0v) is 27.8. The predicted molar refractivity (Wildman–Crippen MR) is 183 cm³/mol. The van der Waals surface area contributed by atoms with Crippen molar-refractivity contribution in [1.29, 1.82) is 10.5 Å². The van der Waals surface area contributed by atoms with Gasteiger partial charge in [0.15, 0.2) is 0 Å². The lowest BCUT2D eigenvalue weighted by Crippen LogP contribution is -2.33. The van der Waals surface area contributed by atoms with Gasteiger partial charge < -0.3 is 26.7 Å². The average Bonchev–Trinajstić information content (AvgIpc) is 3.50. The number of carbonyl (C=O) groups is 1. The van der Waals surface area contributed by atoms with Crippen LogP contribution in [0.3, 0.4) is 0 Å². The normalized spacial score (nSPS) is 10.9. The first-order valence-electron chi connectivity index (χ1n) is 13.2. The Kier molecular flexibility index (Phi) is 15.4. The summed E-state index contributed by atoms with van der Waals surface area (Å²) in [6.07, 6.45) is 1.10. The first-order valence-corrected chi connectivity index (χ1v) is 15.4. The average molecular weight is 707 g/mol. The molecule has 236 valence electrons. The number of nitrogen functional groups attached to an aromatic ring is 1. The smallest absolute Gasteiger partial charge is 0.323 e. The fourth-order valence-corrected chi connectivity index (χ4v) is 5.96. The number of nitrogens with zero attached hydrogens (tertiary/aromatic N) is 4. The molecule has 0 saturated carbocycles. The summed E-state index contributed by atoms with van der Waals surface area (Å²) in [7, 11) is 0. The number of aromatic nitrogens is 2. The minimum absolute atomic E-state index is 0. The van der Waals surface area contributed by atoms with Gasteiger partial charge in [0.1, 0.15) is 58.6 Å². The summed E-state index contributed by atoms with van der Waals surface area (Å²) < 4.78 is 10.8. The molecule has 0 radical (unpaired) electrons. The van der Waals surface area contributed by atoms with Crippen LogP contribution in [0.5, 0.6) is 5.75 Å². The highest BCUT2D eigenvalue weighted by atomic mass is 35.5. The molecule has 10 nitrogen and oxygen atoms in total. The van der Waals surface area contributed by atoms with Gasteiger partial charge in [-0.25, -0.2) is 9.97 Å². The third kappa shape index (κ3) is 9.95. The number of ether oxygens (including phenoxy) is 2. The van der Waals surface area contributed by atoms with Crippen LogP contribution in [0.1, 0.15) is 29.7 Å². The Balaban J connectivity index is 0.00000353. The van der Waals surface area contributed by atoms with E-state index in [4.69, 9.17) is 43.3 Å². The quantitative estimate of drug-likeness (QED) is 0.0844. The van der Waals surface area contributed by atoms with Crippen molar-refractivity contribution in [2.45, 2.75) is 29.7 Å². The Morgan fingerprint density at radius 3 is 2.31 bits per heavy atom. The molecule has 0 spiro atoms. The van der Waals surface area contributed by atoms with E-state index >= 15 is 0 Å². The molecule has 0 bridgehead atoms. The SMILES string of the molecule is Cl.Cl.N#Cc1c(N)nc(SCc2csc(-c3ccc(Cl)cc3)n2)c(C#N)c1-c1ccc(OCCOC(=O)[C@@H](N)CCCN)cc1. The molecule has 2 aromatic carbocycles. The van der Waals surface area contributed by atoms with Crippen LogP contribution in [0.4, 0.5) is 5.82 Å². The van der Waals surface area contributed by atoms with Crippen LogP contribution in [0.2, 0.25) is 5.02 Å². The molecule has 15 heteroatoms. The molecule has 0 amide bonds. The summed E-state index contributed by atoms with van der Waals surface area (Å²) >= 11 is 8.83. The number of pyridine rings is 1. The third-order valence-electron chi connectivity index (χ3n) is 6.18. The number of thiazole rings is 1. The van der Waals surface area contributed by atoms with E-state index < -0.39 is 12.0 Å². The topological polar surface area (TPSA) is 187 Å². The maximum absolute atomic E-state index is 11.9. The van der Waals surface area contributed by atoms with E-state index in [-0.39, 0.29) is 55.0 Å². The van der Waals surface area contributed by atoms with Crippen molar-refractivity contribution in [2.24, 2.45) is 11.5 Å². The lowest BCUT2D eigenvalue weighted by molar-refractivity contribution is -0.146. The van der Waals surface area contributed by atoms with E-state index in [0.717, 1.165) is 16.3 Å². The van der Waals surface area contributed by atoms with Gasteiger partial charge in [0.05, 0.1) is 11.3 Å². The van der Waals surface area contributed by atoms with Crippen molar-refractivity contribution in [3.8, 4) is 39.6 Å². The Hall–Kier alpha value is -3.59. The molecular weight excluding hydrogens is 677 g/mol. The lowest BCUT2D eigenvalue weighted by Gasteiger charge is -2.14. The molecule has 0 unspecified atom stereocenters. The van der Waals surface area contributed by atoms with Gasteiger partial charge in [0, 0.05) is 27.3 Å². The summed E-state index contributed by atoms with van der Waals surface area (Å²) in [4.78, 5) is 21.0. The molecule has 1 atom stereocenters. The van der Waals surface area contributed by atoms with Crippen molar-refractivity contribution in [1.82, 2.24) is 9.97 Å². The maximum Gasteiger partial charge on any atom is 0.323 e. The summed E-state index contributed by atoms with van der Waals surface area (Å²) in [5.41, 5.74) is 20.5. The van der Waals surface area contributed by atoms with Crippen molar-refractivity contribution in [3.05, 3.63) is 75.8 Å². The molecule has 2 aromatic heterocycles. The minimum Gasteiger partial charge on any atom is -0.490 e. The van der Waals surface area contributed by atoms with E-state index in [1.54, 1.807) is 24.3 Å². The van der Waals surface area contributed by atoms with E-state index in [2.05, 4.69) is 17.1 Å². The van der Waals surface area contributed by atoms with Crippen LogP contribution in [-0.4, -0.2) is 41.7 Å². The molecule has 0 saturated heterocycles. The fraction of sp³-hybridized carbons (Fsp3) is 0.233. The van der Waals surface area contributed by atoms with Gasteiger partial charge in [-0.3, -0.25) is 4.79 Å². The van der Waals surface area contributed by atoms with Crippen molar-refractivity contribution in [2.75, 3.05) is 25.5 Å². The van der Waals surface area contributed by atoms with E-state index in [1.165, 1.54) is 23.1 Å². The summed E-state index contributed by atoms with van der Waals surface area (Å²) in [6, 6.07) is 17.9. The van der Waals surface area contributed by atoms with E-state index in [1.807, 2.05) is 29.6 Å². The molecule has 4 aromatic rings. The Bertz CT molecular complexity index is 1660. The van der Waals surface area contributed by atoms with Crippen molar-refractivity contribution >= 4 is 71.3 Å². The number of nitrogens with two attached hydrogens (primary N) is 3. The van der Waals surface area contributed by atoms with Gasteiger partial charge >= 0.3 is 5.97 Å². The molecule has 0 fully saturated rings. The van der Waals surface area contributed by atoms with Crippen LogP contribution in [0.25, 0.3) is 21.7 Å². The van der Waals surface area contributed by atoms with Crippen LogP contribution < -0.4 is 21.9 Å². The van der Waals surface area contributed by atoms with E-state index in [9.17, 15) is 15.3 Å². The van der Waals surface area contributed by atoms with Gasteiger partial charge in [-0.1, -0.05) is 47.6 Å². The van der Waals surface area contributed by atoms with Crippen LogP contribution in [-0.2, 0) is 15.3 Å². The highest BCUT2D eigenvalue weighted by Crippen LogP contribution is 2.37. The Morgan fingerprint density at radius 2 is 1.67 bits per heavy atom. The lowest BCUT2D eigenvalue weighted by atomic mass is 9.97. The third-order valence-corrected chi connectivity index (χ3v) is 8.38. The number of rotatable bonds is 13. The van der Waals surface area contributed by atoms with Gasteiger partial charge in [0.25, 0.3) is 0 Å². The predicted octanol–water partition coefficient (Wildman–Crippen LogP) is 5.98. The number of hydrogen-bond donors (Lipinski definition) is 3. The fourth-order valence-electron chi connectivity index (χ4n) is 4.01. The molecular formula is C30H30Cl3N7O3S2. The number of benzene rings is 2. The number of carbonyl (C=O) groups excluding carboxylic acids is 1. The van der Waals surface area contributed by atoms with Crippen LogP contribution in [0.15, 0.2) is 58.9 Å². The summed E-state index contributed by atoms with van der Waals surface area (Å²) in [5, 5.41) is 23.8. The van der Waals surface area contributed by atoms with Crippen LogP contribution in [0, 0.1) is 22.7 Å². The number of nitriles is 2. The number of esters is 1. The zero-order valence-electron chi connectivity index (χ0n) is 23.8. The number of hydrogen-bond acceptors (Lipinski definition) is 12. The molecule has 0 aliphatic rings. The van der Waals surface area contributed by atoms with Gasteiger partial charge in [-0.15, -0.1) is 36.2 Å². The maximum atomic E-state index is 11.9. The van der Waals surface area contributed by atoms with E-state index in [0.29, 0.717) is 52.1 Å². The second-order valence-electron chi connectivity index (χ2n) is 9.17. The van der Waals surface area contributed by atoms with Gasteiger partial charge in [-0.2, -0.15) is 10.5 Å². The second-order valence-corrected chi connectivity index (χ2v) is 11.4. The molecule has 0 aliphatic heterocycles. The molecule has 2 heterocycles. The van der Waals surface area contributed by atoms with Gasteiger partial charge in [-0.05, 0) is 49.2 Å². The highest BCUT2D eigenvalue weighted by Gasteiger charge is 2.21. The largest absolute Gasteiger partial charge is 0.490 e. The number of thioether (sulfide) groups is 1. The summed E-state index contributed by atoms with van der Waals surface area (Å²) in [6.45, 7) is 0.619. The Morgan fingerprint density at radius 1 is 1.00 bits per heavy atom. The summed E-state index contributed by atoms with van der Waals surface area (Å²) in [5.74, 6) is 0.499. The second kappa shape index (κ2) is 18.4. The molecule has 6 N–H and O–H groups in total. The number of halogens is 3. The standard InChI is InChI=1S/C30H28ClN7O3S2.2ClH/c31-20-7-3-19(4-8-20)28-37-21(16-42-28)17-43-29-24(15-34)26(23(14-33)27(36)38-29)18-5-9-22(10-6-18)40-12-13-41-30(39)25(35)2-1-11-32;;/h3-10,16,25H,1-2,11-13,17,32,35H2,(H2,36,38);2*1H/t25-;;/m0../s1. The Labute approximate surface area is 286 Å². The highest BCUT2D eigenvalue weighted by molar-refractivity contribution is 7.98. The minimum atomic E-state index is -0.712. The van der Waals surface area contributed by atoms with Crippen molar-refractivity contribution in [3.63, 3.8) is 0 Å². The molecule has 0 aliphatic carbocycles. The first-order chi connectivity index (χ1) is 20.8. The zero-order chi connectivity index (χ0) is 30.8. The first kappa shape index (κ1) is 37.6. The van der Waals surface area contributed by atoms with Crippen LogP contribution >= 0.6 is 59.5 Å². The van der Waals surface area contributed by atoms with Gasteiger partial charge in [0.2, 0.25) is 0 Å². The molecule has 45 heavy (non-hydrogen) atoms. The van der Waals surface area contributed by atoms with Crippen molar-refractivity contribution < 1.29 is 14.3 Å².